The minimum absolute atomic E-state index is 0.227. The quantitative estimate of drug-likeness (QED) is 0.537. The fourth-order valence-corrected chi connectivity index (χ4v) is 1.51. The normalized spacial score (nSPS) is 10.8. The van der Waals surface area contributed by atoms with Crippen LogP contribution in [0.3, 0.4) is 0 Å². The lowest BCUT2D eigenvalue weighted by Gasteiger charge is -1.88. The van der Waals surface area contributed by atoms with Crippen molar-refractivity contribution in [3.8, 4) is 11.6 Å². The molecule has 3 rings (SSSR count). The van der Waals surface area contributed by atoms with Crippen LogP contribution in [0.15, 0.2) is 34.9 Å². The minimum Gasteiger partial charge on any atom is -0.461 e. The molecule has 17 heavy (non-hydrogen) atoms. The number of fused-ring (bicyclic) bond motifs is 1. The van der Waals surface area contributed by atoms with Gasteiger partial charge in [-0.15, -0.1) is 0 Å². The highest BCUT2D eigenvalue weighted by atomic mass is 16.6. The number of aromatic amines is 1. The highest BCUT2D eigenvalue weighted by Crippen LogP contribution is 2.21. The second kappa shape index (κ2) is 3.41. The number of imidazole rings is 1. The molecule has 0 aliphatic carbocycles. The fourth-order valence-electron chi connectivity index (χ4n) is 1.51. The molecule has 0 radical (unpaired) electrons. The van der Waals surface area contributed by atoms with Crippen LogP contribution in [-0.2, 0) is 0 Å². The number of nitro groups is 1. The van der Waals surface area contributed by atoms with Crippen molar-refractivity contribution in [3.63, 3.8) is 0 Å². The van der Waals surface area contributed by atoms with E-state index >= 15 is 0 Å². The van der Waals surface area contributed by atoms with Crippen molar-refractivity contribution in [2.24, 2.45) is 0 Å². The Hall–Kier alpha value is -2.70. The first-order valence-electron chi connectivity index (χ1n) is 4.79. The van der Waals surface area contributed by atoms with E-state index in [-0.39, 0.29) is 5.82 Å². The molecule has 3 aromatic rings. The number of hydrogen-bond acceptors (Lipinski definition) is 5. The molecule has 0 aliphatic rings. The van der Waals surface area contributed by atoms with Crippen LogP contribution in [0, 0.1) is 10.1 Å². The van der Waals surface area contributed by atoms with Gasteiger partial charge in [-0.2, -0.15) is 4.98 Å². The third-order valence-electron chi connectivity index (χ3n) is 2.27. The Kier molecular flexibility index (Phi) is 1.91. The number of rotatable bonds is 2. The maximum Gasteiger partial charge on any atom is 0.366 e. The SMILES string of the molecule is O=[N+]([O-])c1ccc2[nH]c(-c3ccco3)nc2n1. The van der Waals surface area contributed by atoms with Gasteiger partial charge in [-0.25, -0.2) is 0 Å². The van der Waals surface area contributed by atoms with Crippen molar-refractivity contribution in [2.45, 2.75) is 0 Å². The van der Waals surface area contributed by atoms with E-state index in [1.54, 1.807) is 18.2 Å². The van der Waals surface area contributed by atoms with Gasteiger partial charge < -0.3 is 19.5 Å². The Morgan fingerprint density at radius 2 is 2.18 bits per heavy atom. The van der Waals surface area contributed by atoms with Crippen LogP contribution in [0.4, 0.5) is 5.82 Å². The molecule has 0 saturated carbocycles. The number of pyridine rings is 1. The molecular formula is C10H6N4O3. The van der Waals surface area contributed by atoms with Crippen LogP contribution >= 0.6 is 0 Å². The largest absolute Gasteiger partial charge is 0.461 e. The third-order valence-corrected chi connectivity index (χ3v) is 2.27. The first-order chi connectivity index (χ1) is 8.24. The summed E-state index contributed by atoms with van der Waals surface area (Å²) in [5.41, 5.74) is 0.924. The van der Waals surface area contributed by atoms with E-state index in [1.807, 2.05) is 0 Å². The van der Waals surface area contributed by atoms with Gasteiger partial charge in [-0.3, -0.25) is 0 Å². The molecule has 0 saturated heterocycles. The lowest BCUT2D eigenvalue weighted by Crippen LogP contribution is -1.91. The summed E-state index contributed by atoms with van der Waals surface area (Å²) in [6, 6.07) is 6.37. The molecular weight excluding hydrogens is 224 g/mol. The van der Waals surface area contributed by atoms with Crippen LogP contribution in [-0.4, -0.2) is 19.9 Å². The summed E-state index contributed by atoms with van der Waals surface area (Å²) in [7, 11) is 0. The molecule has 3 heterocycles. The monoisotopic (exact) mass is 230 g/mol. The van der Waals surface area contributed by atoms with E-state index in [9.17, 15) is 10.1 Å². The maximum atomic E-state index is 10.6. The molecule has 0 fully saturated rings. The van der Waals surface area contributed by atoms with Gasteiger partial charge in [-0.1, -0.05) is 0 Å². The van der Waals surface area contributed by atoms with Gasteiger partial charge in [0.2, 0.25) is 0 Å². The lowest BCUT2D eigenvalue weighted by atomic mass is 10.4. The van der Waals surface area contributed by atoms with E-state index in [2.05, 4.69) is 15.0 Å². The van der Waals surface area contributed by atoms with Gasteiger partial charge >= 0.3 is 5.82 Å². The molecule has 1 N–H and O–H groups in total. The van der Waals surface area contributed by atoms with Crippen LogP contribution in [0.1, 0.15) is 0 Å². The molecule has 3 aromatic heterocycles. The van der Waals surface area contributed by atoms with E-state index < -0.39 is 4.92 Å². The first-order valence-corrected chi connectivity index (χ1v) is 4.79. The van der Waals surface area contributed by atoms with Gasteiger partial charge in [-0.05, 0) is 28.1 Å². The van der Waals surface area contributed by atoms with Crippen molar-refractivity contribution < 1.29 is 9.34 Å². The average Bonchev–Trinajstić information content (AvgIpc) is 2.96. The Morgan fingerprint density at radius 1 is 1.29 bits per heavy atom. The maximum absolute atomic E-state index is 10.6. The average molecular weight is 230 g/mol. The second-order valence-corrected chi connectivity index (χ2v) is 3.36. The number of H-pyrrole nitrogens is 1. The molecule has 0 aromatic carbocycles. The molecule has 0 atom stereocenters. The van der Waals surface area contributed by atoms with Crippen molar-refractivity contribution >= 4 is 17.0 Å². The lowest BCUT2D eigenvalue weighted by molar-refractivity contribution is -0.389. The van der Waals surface area contributed by atoms with E-state index in [0.717, 1.165) is 0 Å². The number of nitrogens with one attached hydrogen (secondary N) is 1. The smallest absolute Gasteiger partial charge is 0.366 e. The summed E-state index contributed by atoms with van der Waals surface area (Å²) in [6.45, 7) is 0. The van der Waals surface area contributed by atoms with E-state index in [4.69, 9.17) is 4.42 Å². The topological polar surface area (TPSA) is 97.8 Å². The Morgan fingerprint density at radius 3 is 2.88 bits per heavy atom. The number of furan rings is 1. The predicted molar refractivity (Wildman–Crippen MR) is 58.2 cm³/mol. The van der Waals surface area contributed by atoms with Crippen molar-refractivity contribution in [2.75, 3.05) is 0 Å². The highest BCUT2D eigenvalue weighted by molar-refractivity contribution is 5.75. The summed E-state index contributed by atoms with van der Waals surface area (Å²) < 4.78 is 5.17. The van der Waals surface area contributed by atoms with Crippen molar-refractivity contribution in [1.82, 2.24) is 15.0 Å². The predicted octanol–water partition coefficient (Wildman–Crippen LogP) is 2.13. The zero-order valence-corrected chi connectivity index (χ0v) is 8.45. The standard InChI is InChI=1S/C10H6N4O3/c15-14(16)8-4-3-6-9(12-8)13-10(11-6)7-2-1-5-17-7/h1-5H,(H,11,12,13). The minimum atomic E-state index is -0.555. The summed E-state index contributed by atoms with van der Waals surface area (Å²) in [5, 5.41) is 10.6. The van der Waals surface area contributed by atoms with Crippen LogP contribution < -0.4 is 0 Å². The number of nitrogens with zero attached hydrogens (tertiary/aromatic N) is 3. The molecule has 84 valence electrons. The van der Waals surface area contributed by atoms with Gasteiger partial charge in [0.25, 0.3) is 5.65 Å². The Balaban J connectivity index is 2.16. The van der Waals surface area contributed by atoms with E-state index in [1.165, 1.54) is 12.3 Å². The highest BCUT2D eigenvalue weighted by Gasteiger charge is 2.15. The molecule has 0 spiro atoms. The summed E-state index contributed by atoms with van der Waals surface area (Å²) in [4.78, 5) is 20.9. The van der Waals surface area contributed by atoms with Crippen molar-refractivity contribution in [1.29, 1.82) is 0 Å². The van der Waals surface area contributed by atoms with Gasteiger partial charge in [0.1, 0.15) is 5.52 Å². The van der Waals surface area contributed by atoms with Crippen LogP contribution in [0.25, 0.3) is 22.7 Å². The number of aromatic nitrogens is 3. The first kappa shape index (κ1) is 9.52. The molecule has 0 bridgehead atoms. The van der Waals surface area contributed by atoms with Gasteiger partial charge in [0.05, 0.1) is 6.26 Å². The van der Waals surface area contributed by atoms with Gasteiger partial charge in [0, 0.05) is 6.07 Å². The van der Waals surface area contributed by atoms with E-state index in [0.29, 0.717) is 22.7 Å². The van der Waals surface area contributed by atoms with Crippen LogP contribution in [0.5, 0.6) is 0 Å². The zero-order valence-electron chi connectivity index (χ0n) is 8.45. The number of hydrogen-bond donors (Lipinski definition) is 1. The molecule has 0 aliphatic heterocycles. The molecule has 7 nitrogen and oxygen atoms in total. The second-order valence-electron chi connectivity index (χ2n) is 3.36. The zero-order chi connectivity index (χ0) is 11.8. The van der Waals surface area contributed by atoms with Crippen molar-refractivity contribution in [3.05, 3.63) is 40.6 Å². The Labute approximate surface area is 94.3 Å². The summed E-state index contributed by atoms with van der Waals surface area (Å²) in [6.07, 6.45) is 1.53. The molecule has 0 amide bonds. The molecule has 7 heteroatoms. The molecule has 0 unspecified atom stereocenters. The summed E-state index contributed by atoms with van der Waals surface area (Å²) in [5.74, 6) is 0.832. The van der Waals surface area contributed by atoms with Gasteiger partial charge in [0.15, 0.2) is 11.6 Å². The summed E-state index contributed by atoms with van der Waals surface area (Å²) >= 11 is 0. The van der Waals surface area contributed by atoms with Crippen LogP contribution in [0.2, 0.25) is 0 Å². The fraction of sp³-hybridized carbons (Fsp3) is 0. The Bertz CT molecular complexity index is 687. The third kappa shape index (κ3) is 1.53.